The van der Waals surface area contributed by atoms with Gasteiger partial charge in [0.2, 0.25) is 0 Å². The molecule has 1 N–H and O–H groups in total. The second-order valence-corrected chi connectivity index (χ2v) is 6.27. The molecule has 2 aromatic rings. The van der Waals surface area contributed by atoms with Crippen molar-refractivity contribution in [1.29, 1.82) is 0 Å². The number of hydrogen-bond donors (Lipinski definition) is 1. The Bertz CT molecular complexity index is 651. The normalized spacial score (nSPS) is 17.8. The molecule has 0 saturated carbocycles. The summed E-state index contributed by atoms with van der Waals surface area (Å²) in [6.07, 6.45) is 0. The first-order chi connectivity index (χ1) is 12.9. The van der Waals surface area contributed by atoms with E-state index in [-0.39, 0.29) is 0 Å². The maximum atomic E-state index is 5.78. The summed E-state index contributed by atoms with van der Waals surface area (Å²) < 4.78 is 17.0. The van der Waals surface area contributed by atoms with Gasteiger partial charge in [-0.05, 0) is 18.2 Å². The maximum absolute atomic E-state index is 5.78. The maximum Gasteiger partial charge on any atom is 0.123 e. The van der Waals surface area contributed by atoms with E-state index >= 15 is 0 Å². The molecule has 1 aliphatic rings. The molecule has 0 radical (unpaired) electrons. The molecule has 1 fully saturated rings. The summed E-state index contributed by atoms with van der Waals surface area (Å²) in [5.74, 6) is 1.83. The number of nitrogens with zero attached hydrogens (tertiary/aromatic N) is 1. The van der Waals surface area contributed by atoms with Crippen LogP contribution in [0.2, 0.25) is 0 Å². The third-order valence-electron chi connectivity index (χ3n) is 4.61. The monoisotopic (exact) mass is 356 g/mol. The van der Waals surface area contributed by atoms with Crippen LogP contribution in [0.5, 0.6) is 11.5 Å². The summed E-state index contributed by atoms with van der Waals surface area (Å²) in [4.78, 5) is 2.46. The zero-order valence-electron chi connectivity index (χ0n) is 15.4. The fourth-order valence-electron chi connectivity index (χ4n) is 3.28. The molecule has 0 aliphatic carbocycles. The highest BCUT2D eigenvalue weighted by Crippen LogP contribution is 2.29. The van der Waals surface area contributed by atoms with Gasteiger partial charge in [0.05, 0.1) is 26.4 Å². The summed E-state index contributed by atoms with van der Waals surface area (Å²) in [5, 5.41) is 3.49. The molecule has 5 heteroatoms. The van der Waals surface area contributed by atoms with Gasteiger partial charge in [0.25, 0.3) is 0 Å². The average Bonchev–Trinajstić information content (AvgIpc) is 2.71. The van der Waals surface area contributed by atoms with Gasteiger partial charge in [-0.3, -0.25) is 4.90 Å². The topological polar surface area (TPSA) is 43.0 Å². The summed E-state index contributed by atoms with van der Waals surface area (Å²) >= 11 is 0. The van der Waals surface area contributed by atoms with Crippen LogP contribution in [-0.2, 0) is 4.74 Å². The molecular formula is C21H28N2O3. The van der Waals surface area contributed by atoms with Crippen molar-refractivity contribution in [3.05, 3.63) is 60.2 Å². The van der Waals surface area contributed by atoms with E-state index in [0.29, 0.717) is 25.9 Å². The number of rotatable bonds is 9. The second kappa shape index (κ2) is 10.2. The summed E-state index contributed by atoms with van der Waals surface area (Å²) in [6.45, 7) is 5.70. The fourth-order valence-corrected chi connectivity index (χ4v) is 3.28. The van der Waals surface area contributed by atoms with Crippen LogP contribution in [-0.4, -0.2) is 58.0 Å². The van der Waals surface area contributed by atoms with Gasteiger partial charge in [-0.2, -0.15) is 0 Å². The van der Waals surface area contributed by atoms with E-state index in [1.54, 1.807) is 7.11 Å². The van der Waals surface area contributed by atoms with Gasteiger partial charge < -0.3 is 19.5 Å². The molecule has 1 unspecified atom stereocenters. The SMILES string of the molecule is COc1ccccc1C1CNCCN1CCOCCOc1ccccc1. The summed E-state index contributed by atoms with van der Waals surface area (Å²) in [6, 6.07) is 18.4. The van der Waals surface area contributed by atoms with Crippen molar-refractivity contribution in [1.82, 2.24) is 10.2 Å². The fraction of sp³-hybridized carbons (Fsp3) is 0.429. The molecule has 1 saturated heterocycles. The van der Waals surface area contributed by atoms with Gasteiger partial charge in [-0.25, -0.2) is 0 Å². The highest BCUT2D eigenvalue weighted by Gasteiger charge is 2.25. The zero-order valence-corrected chi connectivity index (χ0v) is 15.4. The third-order valence-corrected chi connectivity index (χ3v) is 4.61. The highest BCUT2D eigenvalue weighted by molar-refractivity contribution is 5.36. The van der Waals surface area contributed by atoms with E-state index in [1.807, 2.05) is 42.5 Å². The number of hydrogen-bond acceptors (Lipinski definition) is 5. The lowest BCUT2D eigenvalue weighted by Crippen LogP contribution is -2.47. The van der Waals surface area contributed by atoms with Crippen LogP contribution in [0.4, 0.5) is 0 Å². The number of para-hydroxylation sites is 2. The molecule has 140 valence electrons. The first-order valence-corrected chi connectivity index (χ1v) is 9.22. The summed E-state index contributed by atoms with van der Waals surface area (Å²) in [5.41, 5.74) is 1.23. The minimum atomic E-state index is 0.309. The quantitative estimate of drug-likeness (QED) is 0.700. The van der Waals surface area contributed by atoms with Crippen LogP contribution in [0.25, 0.3) is 0 Å². The predicted molar refractivity (Wildman–Crippen MR) is 103 cm³/mol. The Morgan fingerprint density at radius 2 is 1.81 bits per heavy atom. The summed E-state index contributed by atoms with van der Waals surface area (Å²) in [7, 11) is 1.73. The Labute approximate surface area is 155 Å². The van der Waals surface area contributed by atoms with Gasteiger partial charge in [0.15, 0.2) is 0 Å². The molecule has 2 aromatic carbocycles. The minimum Gasteiger partial charge on any atom is -0.496 e. The van der Waals surface area contributed by atoms with Gasteiger partial charge in [0.1, 0.15) is 18.1 Å². The van der Waals surface area contributed by atoms with Crippen molar-refractivity contribution in [3.8, 4) is 11.5 Å². The van der Waals surface area contributed by atoms with Gasteiger partial charge >= 0.3 is 0 Å². The van der Waals surface area contributed by atoms with Crippen molar-refractivity contribution in [2.75, 3.05) is 53.1 Å². The first kappa shape index (κ1) is 18.7. The Hall–Kier alpha value is -2.08. The molecule has 1 atom stereocenters. The average molecular weight is 356 g/mol. The lowest BCUT2D eigenvalue weighted by atomic mass is 10.0. The zero-order chi connectivity index (χ0) is 18.0. The molecule has 0 bridgehead atoms. The molecule has 0 spiro atoms. The number of ether oxygens (including phenoxy) is 3. The number of benzene rings is 2. The van der Waals surface area contributed by atoms with E-state index in [9.17, 15) is 0 Å². The van der Waals surface area contributed by atoms with E-state index in [4.69, 9.17) is 14.2 Å². The lowest BCUT2D eigenvalue weighted by molar-refractivity contribution is 0.0605. The Kier molecular flexibility index (Phi) is 7.31. The molecular weight excluding hydrogens is 328 g/mol. The van der Waals surface area contributed by atoms with Crippen molar-refractivity contribution < 1.29 is 14.2 Å². The molecule has 3 rings (SSSR count). The molecule has 0 amide bonds. The molecule has 5 nitrogen and oxygen atoms in total. The van der Waals surface area contributed by atoms with Crippen LogP contribution >= 0.6 is 0 Å². The van der Waals surface area contributed by atoms with Crippen LogP contribution in [0, 0.1) is 0 Å². The van der Waals surface area contributed by atoms with Crippen molar-refractivity contribution >= 4 is 0 Å². The van der Waals surface area contributed by atoms with E-state index in [2.05, 4.69) is 22.3 Å². The van der Waals surface area contributed by atoms with E-state index < -0.39 is 0 Å². The second-order valence-electron chi connectivity index (χ2n) is 6.27. The minimum absolute atomic E-state index is 0.309. The van der Waals surface area contributed by atoms with Crippen LogP contribution < -0.4 is 14.8 Å². The largest absolute Gasteiger partial charge is 0.496 e. The molecule has 1 heterocycles. The molecule has 26 heavy (non-hydrogen) atoms. The van der Waals surface area contributed by atoms with Gasteiger partial charge in [-0.1, -0.05) is 36.4 Å². The lowest BCUT2D eigenvalue weighted by Gasteiger charge is -2.37. The Morgan fingerprint density at radius 3 is 2.65 bits per heavy atom. The van der Waals surface area contributed by atoms with Crippen molar-refractivity contribution in [3.63, 3.8) is 0 Å². The molecule has 0 aromatic heterocycles. The number of methoxy groups -OCH3 is 1. The van der Waals surface area contributed by atoms with E-state index in [0.717, 1.165) is 37.7 Å². The third kappa shape index (κ3) is 5.21. The highest BCUT2D eigenvalue weighted by atomic mass is 16.5. The van der Waals surface area contributed by atoms with E-state index in [1.165, 1.54) is 5.56 Å². The smallest absolute Gasteiger partial charge is 0.123 e. The number of nitrogens with one attached hydrogen (secondary N) is 1. The van der Waals surface area contributed by atoms with Crippen LogP contribution in [0.1, 0.15) is 11.6 Å². The van der Waals surface area contributed by atoms with Gasteiger partial charge in [0, 0.05) is 31.7 Å². The first-order valence-electron chi connectivity index (χ1n) is 9.22. The molecule has 1 aliphatic heterocycles. The van der Waals surface area contributed by atoms with Crippen molar-refractivity contribution in [2.45, 2.75) is 6.04 Å². The number of piperazine rings is 1. The standard InChI is InChI=1S/C21H28N2O3/c1-24-21-10-6-5-9-19(21)20-17-22-11-12-23(20)13-14-25-15-16-26-18-7-3-2-4-8-18/h2-10,20,22H,11-17H2,1H3. The van der Waals surface area contributed by atoms with Crippen LogP contribution in [0.15, 0.2) is 54.6 Å². The Morgan fingerprint density at radius 1 is 1.00 bits per heavy atom. The Balaban J connectivity index is 1.44. The predicted octanol–water partition coefficient (Wildman–Crippen LogP) is 2.74. The van der Waals surface area contributed by atoms with Crippen molar-refractivity contribution in [2.24, 2.45) is 0 Å². The van der Waals surface area contributed by atoms with Crippen LogP contribution in [0.3, 0.4) is 0 Å². The van der Waals surface area contributed by atoms with Gasteiger partial charge in [-0.15, -0.1) is 0 Å².